The number of hydrogen-bond acceptors (Lipinski definition) is 6. The molecule has 1 aliphatic heterocycles. The lowest BCUT2D eigenvalue weighted by Gasteiger charge is -2.27. The molecule has 3 heterocycles. The number of aryl methyl sites for hydroxylation is 1. The van der Waals surface area contributed by atoms with Crippen LogP contribution in [0, 0.1) is 0 Å². The maximum absolute atomic E-state index is 12.2. The minimum Gasteiger partial charge on any atom is -0.375 e. The molecule has 0 saturated carbocycles. The Morgan fingerprint density at radius 1 is 1.30 bits per heavy atom. The molecule has 4 rings (SSSR count). The maximum Gasteiger partial charge on any atom is 0.278 e. The van der Waals surface area contributed by atoms with Gasteiger partial charge in [0.2, 0.25) is 5.91 Å². The summed E-state index contributed by atoms with van der Waals surface area (Å²) in [5.74, 6) is 0.964. The van der Waals surface area contributed by atoms with Crippen molar-refractivity contribution in [3.63, 3.8) is 0 Å². The summed E-state index contributed by atoms with van der Waals surface area (Å²) in [5.41, 5.74) is 3.82. The first kappa shape index (κ1) is 17.4. The number of rotatable bonds is 5. The summed E-state index contributed by atoms with van der Waals surface area (Å²) in [4.78, 5) is 18.5. The minimum absolute atomic E-state index is 0.0340. The lowest BCUT2D eigenvalue weighted by molar-refractivity contribution is -0.136. The molecule has 0 aliphatic carbocycles. The number of aromatic nitrogens is 4. The van der Waals surface area contributed by atoms with E-state index >= 15 is 0 Å². The van der Waals surface area contributed by atoms with E-state index in [1.165, 1.54) is 7.11 Å². The van der Waals surface area contributed by atoms with Crippen molar-refractivity contribution >= 4 is 5.91 Å². The molecule has 27 heavy (non-hydrogen) atoms. The number of amides is 1. The van der Waals surface area contributed by atoms with Crippen molar-refractivity contribution in [3.05, 3.63) is 53.0 Å². The molecular weight excluding hydrogens is 346 g/mol. The summed E-state index contributed by atoms with van der Waals surface area (Å²) >= 11 is 0. The average Bonchev–Trinajstić information content (AvgIpc) is 3.27. The number of carbonyl (C=O) groups excluding carboxylic acids is 1. The summed E-state index contributed by atoms with van der Waals surface area (Å²) in [5, 5.41) is 8.67. The SMILES string of the molecule is COCC(=O)N1CCc2c(c(-c3nc(Cc4ccccc4)no3)nn2C)C1. The third-order valence-electron chi connectivity index (χ3n) is 4.74. The zero-order chi connectivity index (χ0) is 18.8. The van der Waals surface area contributed by atoms with Gasteiger partial charge in [-0.05, 0) is 5.56 Å². The van der Waals surface area contributed by atoms with Crippen LogP contribution in [-0.4, -0.2) is 51.0 Å². The number of methoxy groups -OCH3 is 1. The number of carbonyl (C=O) groups is 1. The highest BCUT2D eigenvalue weighted by molar-refractivity contribution is 5.78. The van der Waals surface area contributed by atoms with Crippen LogP contribution in [-0.2, 0) is 36.0 Å². The number of benzene rings is 1. The fourth-order valence-corrected chi connectivity index (χ4v) is 3.39. The third-order valence-corrected chi connectivity index (χ3v) is 4.74. The van der Waals surface area contributed by atoms with Crippen LogP contribution in [0.15, 0.2) is 34.9 Å². The first-order valence-electron chi connectivity index (χ1n) is 8.84. The molecule has 1 aliphatic rings. The Hall–Kier alpha value is -3.00. The van der Waals surface area contributed by atoms with Crippen LogP contribution < -0.4 is 0 Å². The van der Waals surface area contributed by atoms with Crippen LogP contribution >= 0.6 is 0 Å². The van der Waals surface area contributed by atoms with Crippen molar-refractivity contribution in [2.75, 3.05) is 20.3 Å². The van der Waals surface area contributed by atoms with Gasteiger partial charge in [0.25, 0.3) is 5.89 Å². The predicted molar refractivity (Wildman–Crippen MR) is 96.7 cm³/mol. The average molecular weight is 367 g/mol. The largest absolute Gasteiger partial charge is 0.375 e. The van der Waals surface area contributed by atoms with Crippen LogP contribution in [0.4, 0.5) is 0 Å². The van der Waals surface area contributed by atoms with Gasteiger partial charge in [0.15, 0.2) is 11.5 Å². The number of ether oxygens (including phenoxy) is 1. The van der Waals surface area contributed by atoms with Crippen molar-refractivity contribution in [3.8, 4) is 11.6 Å². The second kappa shape index (κ2) is 7.32. The second-order valence-corrected chi connectivity index (χ2v) is 6.57. The molecular formula is C19H21N5O3. The van der Waals surface area contributed by atoms with Gasteiger partial charge in [0.1, 0.15) is 6.61 Å². The molecule has 0 atom stereocenters. The quantitative estimate of drug-likeness (QED) is 0.681. The van der Waals surface area contributed by atoms with Crippen LogP contribution in [0.5, 0.6) is 0 Å². The molecule has 2 aromatic heterocycles. The van der Waals surface area contributed by atoms with E-state index in [2.05, 4.69) is 15.2 Å². The van der Waals surface area contributed by atoms with E-state index in [0.717, 1.165) is 23.2 Å². The van der Waals surface area contributed by atoms with E-state index < -0.39 is 0 Å². The molecule has 0 unspecified atom stereocenters. The van der Waals surface area contributed by atoms with Crippen molar-refractivity contribution < 1.29 is 14.1 Å². The molecule has 0 fully saturated rings. The smallest absolute Gasteiger partial charge is 0.278 e. The molecule has 0 saturated heterocycles. The summed E-state index contributed by atoms with van der Waals surface area (Å²) in [6.45, 7) is 1.20. The van der Waals surface area contributed by atoms with Crippen LogP contribution in [0.1, 0.15) is 22.6 Å². The third kappa shape index (κ3) is 3.48. The van der Waals surface area contributed by atoms with Gasteiger partial charge in [-0.25, -0.2) is 0 Å². The van der Waals surface area contributed by atoms with Gasteiger partial charge in [-0.15, -0.1) is 0 Å². The fraction of sp³-hybridized carbons (Fsp3) is 0.368. The van der Waals surface area contributed by atoms with Gasteiger partial charge in [-0.1, -0.05) is 35.5 Å². The van der Waals surface area contributed by atoms with E-state index in [-0.39, 0.29) is 12.5 Å². The highest BCUT2D eigenvalue weighted by Crippen LogP contribution is 2.29. The normalized spacial score (nSPS) is 13.6. The van der Waals surface area contributed by atoms with Crippen LogP contribution in [0.3, 0.4) is 0 Å². The van der Waals surface area contributed by atoms with E-state index in [1.54, 1.807) is 4.90 Å². The van der Waals surface area contributed by atoms with Crippen LogP contribution in [0.2, 0.25) is 0 Å². The molecule has 0 spiro atoms. The topological polar surface area (TPSA) is 86.3 Å². The molecule has 8 heteroatoms. The minimum atomic E-state index is -0.0340. The Morgan fingerprint density at radius 2 is 2.11 bits per heavy atom. The summed E-state index contributed by atoms with van der Waals surface area (Å²) in [6.07, 6.45) is 1.33. The van der Waals surface area contributed by atoms with Gasteiger partial charge in [-0.3, -0.25) is 9.48 Å². The van der Waals surface area contributed by atoms with Gasteiger partial charge >= 0.3 is 0 Å². The molecule has 140 valence electrons. The van der Waals surface area contributed by atoms with E-state index in [4.69, 9.17) is 9.26 Å². The number of fused-ring (bicyclic) bond motifs is 1. The van der Waals surface area contributed by atoms with E-state index in [0.29, 0.717) is 36.9 Å². The molecule has 8 nitrogen and oxygen atoms in total. The molecule has 0 bridgehead atoms. The molecule has 1 aromatic carbocycles. The van der Waals surface area contributed by atoms with Gasteiger partial charge in [-0.2, -0.15) is 10.1 Å². The van der Waals surface area contributed by atoms with Crippen molar-refractivity contribution in [2.45, 2.75) is 19.4 Å². The fourth-order valence-electron chi connectivity index (χ4n) is 3.39. The summed E-state index contributed by atoms with van der Waals surface area (Å²) in [6, 6.07) is 9.99. The van der Waals surface area contributed by atoms with Crippen molar-refractivity contribution in [1.29, 1.82) is 0 Å². The lowest BCUT2D eigenvalue weighted by Crippen LogP contribution is -2.38. The van der Waals surface area contributed by atoms with Gasteiger partial charge in [0.05, 0.1) is 0 Å². The Balaban J connectivity index is 1.60. The highest BCUT2D eigenvalue weighted by Gasteiger charge is 2.29. The maximum atomic E-state index is 12.2. The van der Waals surface area contributed by atoms with Crippen molar-refractivity contribution in [2.24, 2.45) is 7.05 Å². The van der Waals surface area contributed by atoms with Crippen LogP contribution in [0.25, 0.3) is 11.6 Å². The van der Waals surface area contributed by atoms with Gasteiger partial charge in [0, 0.05) is 51.3 Å². The number of nitrogens with zero attached hydrogens (tertiary/aromatic N) is 5. The Bertz CT molecular complexity index is 948. The standard InChI is InChI=1S/C19H21N5O3/c1-23-15-8-9-24(17(25)12-26-2)11-14(15)18(21-23)19-20-16(22-27-19)10-13-6-4-3-5-7-13/h3-7H,8-12H2,1-2H3. The molecule has 0 N–H and O–H groups in total. The predicted octanol–water partition coefficient (Wildman–Crippen LogP) is 1.59. The molecule has 3 aromatic rings. The summed E-state index contributed by atoms with van der Waals surface area (Å²) in [7, 11) is 3.42. The second-order valence-electron chi connectivity index (χ2n) is 6.57. The zero-order valence-electron chi connectivity index (χ0n) is 15.4. The molecule has 1 amide bonds. The number of hydrogen-bond donors (Lipinski definition) is 0. The summed E-state index contributed by atoms with van der Waals surface area (Å²) < 4.78 is 12.3. The Morgan fingerprint density at radius 3 is 2.89 bits per heavy atom. The zero-order valence-corrected chi connectivity index (χ0v) is 15.4. The first-order chi connectivity index (χ1) is 13.2. The first-order valence-corrected chi connectivity index (χ1v) is 8.84. The highest BCUT2D eigenvalue weighted by atomic mass is 16.5. The van der Waals surface area contributed by atoms with E-state index in [9.17, 15) is 4.79 Å². The lowest BCUT2D eigenvalue weighted by atomic mass is 10.0. The van der Waals surface area contributed by atoms with Gasteiger partial charge < -0.3 is 14.2 Å². The molecule has 0 radical (unpaired) electrons. The van der Waals surface area contributed by atoms with Crippen molar-refractivity contribution in [1.82, 2.24) is 24.8 Å². The Labute approximate surface area is 156 Å². The monoisotopic (exact) mass is 367 g/mol. The van der Waals surface area contributed by atoms with E-state index in [1.807, 2.05) is 42.1 Å². The Kier molecular flexibility index (Phi) is 4.72.